The molecule has 4 heteroatoms. The molecule has 0 aliphatic heterocycles. The van der Waals surface area contributed by atoms with Crippen molar-refractivity contribution >= 4 is 0 Å². The molecule has 0 saturated heterocycles. The summed E-state index contributed by atoms with van der Waals surface area (Å²) in [5, 5.41) is 0. The first-order chi connectivity index (χ1) is 10.2. The standard InChI is InChI=1S/C20H19.3ClH.Ti/c1-15-13-19(14-16(15)2)20(17-9-5-3-6-10-17)18-11-7-4-8-12-18;;;;/h3-12,20H,13H2,1-2H3;3*1H;/q;;;;+3/p-3. The molecule has 0 spiro atoms. The zero-order chi connectivity index (χ0) is 14.8. The van der Waals surface area contributed by atoms with Crippen LogP contribution in [0.15, 0.2) is 81.3 Å². The zero-order valence-corrected chi connectivity index (χ0v) is 17.5. The largest absolute Gasteiger partial charge is 1.00 e. The summed E-state index contributed by atoms with van der Waals surface area (Å²) in [5.41, 5.74) is 7.32. The van der Waals surface area contributed by atoms with Gasteiger partial charge in [0, 0.05) is 0 Å². The fourth-order valence-electron chi connectivity index (χ4n) is 3.09. The van der Waals surface area contributed by atoms with Crippen LogP contribution < -0.4 is 37.2 Å². The van der Waals surface area contributed by atoms with E-state index in [1.54, 1.807) is 5.57 Å². The van der Waals surface area contributed by atoms with Crippen molar-refractivity contribution in [1.82, 2.24) is 0 Å². The molecule has 1 aliphatic rings. The van der Waals surface area contributed by atoms with Crippen molar-refractivity contribution < 1.29 is 57.7 Å². The van der Waals surface area contributed by atoms with Crippen LogP contribution in [0.25, 0.3) is 0 Å². The predicted molar refractivity (Wildman–Crippen MR) is 84.7 cm³/mol. The molecule has 0 bridgehead atoms. The predicted octanol–water partition coefficient (Wildman–Crippen LogP) is -3.63. The molecule has 2 aromatic rings. The van der Waals surface area contributed by atoms with Crippen molar-refractivity contribution in [2.75, 3.05) is 0 Å². The summed E-state index contributed by atoms with van der Waals surface area (Å²) >= 11 is 2.28. The van der Waals surface area contributed by atoms with Gasteiger partial charge in [-0.2, -0.15) is 0 Å². The van der Waals surface area contributed by atoms with E-state index in [9.17, 15) is 0 Å². The normalized spacial score (nSPS) is 13.4. The van der Waals surface area contributed by atoms with Gasteiger partial charge in [0.2, 0.25) is 0 Å². The van der Waals surface area contributed by atoms with Crippen LogP contribution in [0.2, 0.25) is 0 Å². The fraction of sp³-hybridized carbons (Fsp3) is 0.200. The maximum atomic E-state index is 2.28. The average Bonchev–Trinajstić information content (AvgIpc) is 2.78. The fourth-order valence-corrected chi connectivity index (χ4v) is 3.79. The maximum absolute atomic E-state index is 2.28. The van der Waals surface area contributed by atoms with Gasteiger partial charge in [0.1, 0.15) is 0 Å². The molecule has 124 valence electrons. The van der Waals surface area contributed by atoms with E-state index in [2.05, 4.69) is 94.9 Å². The number of hydrogen-bond donors (Lipinski definition) is 0. The Labute approximate surface area is 175 Å². The third-order valence-electron chi connectivity index (χ3n) is 4.41. The number of rotatable bonds is 3. The van der Waals surface area contributed by atoms with Gasteiger partial charge >= 0.3 is 139 Å². The van der Waals surface area contributed by atoms with Gasteiger partial charge in [-0.25, -0.2) is 0 Å². The molecule has 0 N–H and O–H groups in total. The molecule has 0 unspecified atom stereocenters. The molecule has 0 radical (unpaired) electrons. The van der Waals surface area contributed by atoms with Crippen molar-refractivity contribution in [3.05, 3.63) is 92.4 Å². The number of hydrogen-bond acceptors (Lipinski definition) is 0. The second-order valence-electron chi connectivity index (χ2n) is 5.74. The Kier molecular flexibility index (Phi) is 10.3. The van der Waals surface area contributed by atoms with E-state index in [4.69, 9.17) is 0 Å². The first kappa shape index (κ1) is 23.5. The second-order valence-corrected chi connectivity index (χ2v) is 6.52. The van der Waals surface area contributed by atoms with Crippen molar-refractivity contribution in [2.24, 2.45) is 0 Å². The topological polar surface area (TPSA) is 0 Å². The SMILES string of the molecule is CC1=C(C)[C]([Ti+3])=C(C(c2ccccc2)c2ccccc2)C1.[Cl-].[Cl-].[Cl-]. The van der Waals surface area contributed by atoms with Crippen LogP contribution in [0, 0.1) is 0 Å². The van der Waals surface area contributed by atoms with Gasteiger partial charge in [0.15, 0.2) is 0 Å². The Hall–Kier alpha value is -0.496. The van der Waals surface area contributed by atoms with Crippen LogP contribution in [-0.4, -0.2) is 0 Å². The van der Waals surface area contributed by atoms with Gasteiger partial charge < -0.3 is 37.2 Å². The molecule has 24 heavy (non-hydrogen) atoms. The van der Waals surface area contributed by atoms with Gasteiger partial charge in [-0.05, 0) is 0 Å². The molecule has 0 saturated carbocycles. The molecule has 0 amide bonds. The Balaban J connectivity index is 0.00000176. The van der Waals surface area contributed by atoms with E-state index in [0.717, 1.165) is 6.42 Å². The van der Waals surface area contributed by atoms with Gasteiger partial charge in [-0.3, -0.25) is 0 Å². The zero-order valence-electron chi connectivity index (χ0n) is 13.7. The molecule has 1 aliphatic carbocycles. The summed E-state index contributed by atoms with van der Waals surface area (Å²) in [6.45, 7) is 4.52. The Bertz CT molecular complexity index is 667. The van der Waals surface area contributed by atoms with Gasteiger partial charge in [-0.1, -0.05) is 0 Å². The molecule has 0 nitrogen and oxygen atoms in total. The van der Waals surface area contributed by atoms with Crippen LogP contribution in [0.5, 0.6) is 0 Å². The number of halogens is 3. The molecule has 2 aromatic carbocycles. The monoisotopic (exact) mass is 412 g/mol. The summed E-state index contributed by atoms with van der Waals surface area (Å²) in [6, 6.07) is 21.8. The van der Waals surface area contributed by atoms with Gasteiger partial charge in [-0.15, -0.1) is 0 Å². The molecule has 0 atom stereocenters. The second kappa shape index (κ2) is 10.5. The van der Waals surface area contributed by atoms with Crippen LogP contribution in [0.3, 0.4) is 0 Å². The quantitative estimate of drug-likeness (QED) is 0.456. The summed E-state index contributed by atoms with van der Waals surface area (Å²) in [5.74, 6) is 0.375. The van der Waals surface area contributed by atoms with E-state index in [1.807, 2.05) is 0 Å². The maximum Gasteiger partial charge on any atom is -1.00 e. The van der Waals surface area contributed by atoms with E-state index in [0.29, 0.717) is 5.92 Å². The summed E-state index contributed by atoms with van der Waals surface area (Å²) in [6.07, 6.45) is 1.10. The molecular formula is C20H19Cl3Ti. The van der Waals surface area contributed by atoms with Crippen LogP contribution in [-0.2, 0) is 20.4 Å². The van der Waals surface area contributed by atoms with E-state index < -0.39 is 0 Å². The number of benzene rings is 2. The van der Waals surface area contributed by atoms with Crippen molar-refractivity contribution in [3.8, 4) is 0 Å². The van der Waals surface area contributed by atoms with E-state index in [-0.39, 0.29) is 37.2 Å². The van der Waals surface area contributed by atoms with Crippen LogP contribution in [0.4, 0.5) is 0 Å². The summed E-state index contributed by atoms with van der Waals surface area (Å²) in [7, 11) is 0. The van der Waals surface area contributed by atoms with E-state index >= 15 is 0 Å². The molecule has 0 aromatic heterocycles. The van der Waals surface area contributed by atoms with Crippen molar-refractivity contribution in [3.63, 3.8) is 0 Å². The molecular weight excluding hydrogens is 394 g/mol. The van der Waals surface area contributed by atoms with Crippen molar-refractivity contribution in [2.45, 2.75) is 26.2 Å². The molecule has 0 heterocycles. The third-order valence-corrected chi connectivity index (χ3v) is 5.49. The van der Waals surface area contributed by atoms with Crippen LogP contribution >= 0.6 is 0 Å². The summed E-state index contributed by atoms with van der Waals surface area (Å²) < 4.78 is 1.48. The first-order valence-electron chi connectivity index (χ1n) is 7.39. The Morgan fingerprint density at radius 3 is 1.50 bits per heavy atom. The van der Waals surface area contributed by atoms with E-state index in [1.165, 1.54) is 26.2 Å². The minimum Gasteiger partial charge on any atom is -1.00 e. The smallest absolute Gasteiger partial charge is 1.00 e. The minimum absolute atomic E-state index is 0. The third kappa shape index (κ3) is 4.78. The summed E-state index contributed by atoms with van der Waals surface area (Å²) in [4.78, 5) is 0. The first-order valence-corrected chi connectivity index (χ1v) is 8.18. The Morgan fingerprint density at radius 1 is 0.750 bits per heavy atom. The molecule has 3 rings (SSSR count). The average molecular weight is 414 g/mol. The van der Waals surface area contributed by atoms with Crippen LogP contribution in [0.1, 0.15) is 37.3 Å². The van der Waals surface area contributed by atoms with Crippen molar-refractivity contribution in [1.29, 1.82) is 0 Å². The number of allylic oxidation sites excluding steroid dienone is 4. The Morgan fingerprint density at radius 2 is 1.17 bits per heavy atom. The molecule has 0 fully saturated rings. The van der Waals surface area contributed by atoms with Gasteiger partial charge in [0.05, 0.1) is 0 Å². The van der Waals surface area contributed by atoms with Gasteiger partial charge in [0.25, 0.3) is 0 Å². The minimum atomic E-state index is 0.